The molecule has 3 heterocycles. The number of halogens is 3. The van der Waals surface area contributed by atoms with Gasteiger partial charge in [-0.2, -0.15) is 13.2 Å². The maximum absolute atomic E-state index is 12.9. The Morgan fingerprint density at radius 2 is 1.84 bits per heavy atom. The number of pyridine rings is 2. The fourth-order valence-electron chi connectivity index (χ4n) is 2.90. The molecule has 11 heteroatoms. The molecule has 0 aliphatic rings. The number of furan rings is 1. The predicted molar refractivity (Wildman–Crippen MR) is 106 cm³/mol. The quantitative estimate of drug-likeness (QED) is 0.482. The number of amides is 1. The van der Waals surface area contributed by atoms with Gasteiger partial charge in [0.1, 0.15) is 5.58 Å². The maximum Gasteiger partial charge on any atom is 0.416 e. The summed E-state index contributed by atoms with van der Waals surface area (Å²) in [6.45, 7) is -0.0159. The minimum Gasteiger partial charge on any atom is -0.451 e. The van der Waals surface area contributed by atoms with Gasteiger partial charge in [0.25, 0.3) is 5.91 Å². The van der Waals surface area contributed by atoms with Crippen LogP contribution in [-0.4, -0.2) is 24.3 Å². The number of aromatic nitrogens is 2. The molecule has 0 spiro atoms. The van der Waals surface area contributed by atoms with Crippen molar-refractivity contribution in [1.82, 2.24) is 15.3 Å². The van der Waals surface area contributed by atoms with E-state index in [4.69, 9.17) is 4.42 Å². The summed E-state index contributed by atoms with van der Waals surface area (Å²) in [7, 11) is -4.20. The minimum absolute atomic E-state index is 0.0159. The molecule has 1 aromatic carbocycles. The van der Waals surface area contributed by atoms with Gasteiger partial charge in [-0.05, 0) is 42.5 Å². The SMILES string of the molecule is O=C(NCc1ccc(S(=O)(=O)c2cccc(C(F)(F)F)c2)cn1)c1cc2cnccc2o1. The molecule has 1 N–H and O–H groups in total. The second-order valence-corrected chi connectivity index (χ2v) is 8.67. The highest BCUT2D eigenvalue weighted by atomic mass is 32.2. The Morgan fingerprint density at radius 1 is 1.03 bits per heavy atom. The van der Waals surface area contributed by atoms with Crippen LogP contribution in [0, 0.1) is 0 Å². The number of nitrogens with zero attached hydrogens (tertiary/aromatic N) is 2. The highest BCUT2D eigenvalue weighted by Gasteiger charge is 2.32. The zero-order valence-electron chi connectivity index (χ0n) is 16.1. The summed E-state index contributed by atoms with van der Waals surface area (Å²) in [5.74, 6) is -0.416. The average molecular weight is 461 g/mol. The number of carbonyl (C=O) groups is 1. The van der Waals surface area contributed by atoms with Crippen LogP contribution < -0.4 is 5.32 Å². The topological polar surface area (TPSA) is 102 Å². The summed E-state index contributed by atoms with van der Waals surface area (Å²) in [6.07, 6.45) is -0.542. The van der Waals surface area contributed by atoms with E-state index in [1.165, 1.54) is 24.4 Å². The number of nitrogens with one attached hydrogen (secondary N) is 1. The lowest BCUT2D eigenvalue weighted by molar-refractivity contribution is -0.137. The van der Waals surface area contributed by atoms with Crippen LogP contribution in [0.15, 0.2) is 81.3 Å². The second kappa shape index (κ2) is 8.08. The van der Waals surface area contributed by atoms with E-state index < -0.39 is 32.4 Å². The number of rotatable bonds is 5. The molecule has 4 aromatic rings. The molecule has 0 fully saturated rings. The first-order valence-corrected chi connectivity index (χ1v) is 10.6. The summed E-state index contributed by atoms with van der Waals surface area (Å²) in [6, 6.07) is 9.23. The third-order valence-corrected chi connectivity index (χ3v) is 6.29. The van der Waals surface area contributed by atoms with E-state index >= 15 is 0 Å². The van der Waals surface area contributed by atoms with E-state index in [1.54, 1.807) is 12.3 Å². The van der Waals surface area contributed by atoms with Crippen LogP contribution in [0.25, 0.3) is 11.0 Å². The predicted octanol–water partition coefficient (Wildman–Crippen LogP) is 4.00. The molecular weight excluding hydrogens is 447 g/mol. The van der Waals surface area contributed by atoms with E-state index in [0.717, 1.165) is 24.4 Å². The van der Waals surface area contributed by atoms with Crippen molar-refractivity contribution < 1.29 is 30.8 Å². The molecule has 3 aromatic heterocycles. The Labute approximate surface area is 179 Å². The van der Waals surface area contributed by atoms with Crippen molar-refractivity contribution in [2.45, 2.75) is 22.5 Å². The van der Waals surface area contributed by atoms with Crippen molar-refractivity contribution >= 4 is 26.7 Å². The van der Waals surface area contributed by atoms with Crippen LogP contribution in [0.2, 0.25) is 0 Å². The van der Waals surface area contributed by atoms with Crippen molar-refractivity contribution in [3.63, 3.8) is 0 Å². The highest BCUT2D eigenvalue weighted by Crippen LogP contribution is 2.31. The number of alkyl halides is 3. The Balaban J connectivity index is 1.47. The second-order valence-electron chi connectivity index (χ2n) is 6.72. The Bertz CT molecular complexity index is 1360. The molecule has 0 aliphatic heterocycles. The first-order valence-electron chi connectivity index (χ1n) is 9.13. The van der Waals surface area contributed by atoms with Crippen LogP contribution in [0.4, 0.5) is 13.2 Å². The monoisotopic (exact) mass is 461 g/mol. The third kappa shape index (κ3) is 4.33. The molecule has 32 heavy (non-hydrogen) atoms. The lowest BCUT2D eigenvalue weighted by atomic mass is 10.2. The summed E-state index contributed by atoms with van der Waals surface area (Å²) in [5, 5.41) is 3.27. The summed E-state index contributed by atoms with van der Waals surface area (Å²) in [4.78, 5) is 19.4. The third-order valence-electron chi connectivity index (χ3n) is 4.55. The van der Waals surface area contributed by atoms with Gasteiger partial charge >= 0.3 is 6.18 Å². The normalized spacial score (nSPS) is 12.1. The summed E-state index contributed by atoms with van der Waals surface area (Å²) in [5.41, 5.74) is -0.209. The zero-order chi connectivity index (χ0) is 22.9. The Hall–Kier alpha value is -3.73. The highest BCUT2D eigenvalue weighted by molar-refractivity contribution is 7.91. The summed E-state index contributed by atoms with van der Waals surface area (Å²) < 4.78 is 69.4. The fourth-order valence-corrected chi connectivity index (χ4v) is 4.16. The van der Waals surface area contributed by atoms with Crippen molar-refractivity contribution in [1.29, 1.82) is 0 Å². The number of carbonyl (C=O) groups excluding carboxylic acids is 1. The fraction of sp³-hybridized carbons (Fsp3) is 0.0952. The van der Waals surface area contributed by atoms with Gasteiger partial charge in [-0.1, -0.05) is 6.07 Å². The standard InChI is InChI=1S/C21H14F3N3O4S/c22-21(23,24)14-2-1-3-16(9-14)32(29,30)17-5-4-15(26-12-17)11-27-20(28)19-8-13-10-25-7-6-18(13)31-19/h1-10,12H,11H2,(H,27,28). The van der Waals surface area contributed by atoms with Gasteiger partial charge in [0.2, 0.25) is 9.84 Å². The molecule has 0 saturated carbocycles. The molecule has 7 nitrogen and oxygen atoms in total. The van der Waals surface area contributed by atoms with Crippen LogP contribution in [-0.2, 0) is 22.6 Å². The molecule has 0 radical (unpaired) electrons. The lowest BCUT2D eigenvalue weighted by Crippen LogP contribution is -2.22. The first kappa shape index (κ1) is 21.5. The molecule has 1 amide bonds. The molecule has 0 atom stereocenters. The number of fused-ring (bicyclic) bond motifs is 1. The van der Waals surface area contributed by atoms with Crippen molar-refractivity contribution in [3.8, 4) is 0 Å². The molecule has 0 bridgehead atoms. The largest absolute Gasteiger partial charge is 0.451 e. The van der Waals surface area contributed by atoms with Gasteiger partial charge in [0.05, 0.1) is 27.6 Å². The van der Waals surface area contributed by atoms with Crippen molar-refractivity contribution in [2.75, 3.05) is 0 Å². The smallest absolute Gasteiger partial charge is 0.416 e. The number of sulfone groups is 1. The van der Waals surface area contributed by atoms with Gasteiger partial charge in [-0.3, -0.25) is 14.8 Å². The van der Waals surface area contributed by atoms with Crippen LogP contribution in [0.3, 0.4) is 0 Å². The number of benzene rings is 1. The number of hydrogen-bond acceptors (Lipinski definition) is 6. The van der Waals surface area contributed by atoms with E-state index in [0.29, 0.717) is 22.7 Å². The minimum atomic E-state index is -4.66. The molecule has 164 valence electrons. The summed E-state index contributed by atoms with van der Waals surface area (Å²) >= 11 is 0. The van der Waals surface area contributed by atoms with Gasteiger partial charge in [-0.25, -0.2) is 8.42 Å². The van der Waals surface area contributed by atoms with Gasteiger partial charge in [0.15, 0.2) is 5.76 Å². The van der Waals surface area contributed by atoms with Gasteiger partial charge in [0, 0.05) is 24.0 Å². The van der Waals surface area contributed by atoms with Crippen molar-refractivity contribution in [2.24, 2.45) is 0 Å². The maximum atomic E-state index is 12.9. The molecular formula is C21H14F3N3O4S. The average Bonchev–Trinajstić information content (AvgIpc) is 3.22. The van der Waals surface area contributed by atoms with Gasteiger partial charge < -0.3 is 9.73 Å². The van der Waals surface area contributed by atoms with E-state index in [9.17, 15) is 26.4 Å². The van der Waals surface area contributed by atoms with Gasteiger partial charge in [-0.15, -0.1) is 0 Å². The van der Waals surface area contributed by atoms with E-state index in [1.807, 2.05) is 0 Å². The van der Waals surface area contributed by atoms with Crippen LogP contribution in [0.5, 0.6) is 0 Å². The molecule has 4 rings (SSSR count). The Kier molecular flexibility index (Phi) is 5.43. The number of hydrogen-bond donors (Lipinski definition) is 1. The molecule has 0 saturated heterocycles. The van der Waals surface area contributed by atoms with E-state index in [2.05, 4.69) is 15.3 Å². The van der Waals surface area contributed by atoms with E-state index in [-0.39, 0.29) is 17.2 Å². The zero-order valence-corrected chi connectivity index (χ0v) is 16.9. The molecule has 0 aliphatic carbocycles. The van der Waals surface area contributed by atoms with Crippen molar-refractivity contribution in [3.05, 3.63) is 84.1 Å². The lowest BCUT2D eigenvalue weighted by Gasteiger charge is -2.10. The van der Waals surface area contributed by atoms with Crippen LogP contribution >= 0.6 is 0 Å². The molecule has 0 unspecified atom stereocenters. The Morgan fingerprint density at radius 3 is 2.53 bits per heavy atom. The first-order chi connectivity index (χ1) is 15.1. The van der Waals surface area contributed by atoms with Crippen LogP contribution in [0.1, 0.15) is 21.8 Å².